The Morgan fingerprint density at radius 2 is 1.59 bits per heavy atom. The van der Waals surface area contributed by atoms with Gasteiger partial charge >= 0.3 is 17.9 Å². The predicted molar refractivity (Wildman–Crippen MR) is 79.2 cm³/mol. The van der Waals surface area contributed by atoms with Crippen LogP contribution in [0.1, 0.15) is 12.0 Å². The second-order valence-electron chi connectivity index (χ2n) is 4.27. The van der Waals surface area contributed by atoms with Gasteiger partial charge in [0.2, 0.25) is 0 Å². The maximum Gasteiger partial charge on any atom is 0.332 e. The van der Waals surface area contributed by atoms with Crippen molar-refractivity contribution in [3.63, 3.8) is 0 Å². The first-order valence-corrected chi connectivity index (χ1v) is 6.22. The van der Waals surface area contributed by atoms with Crippen LogP contribution in [0.2, 0.25) is 0 Å². The van der Waals surface area contributed by atoms with Gasteiger partial charge in [-0.05, 0) is 29.4 Å². The molecule has 0 radical (unpaired) electrons. The van der Waals surface area contributed by atoms with Crippen LogP contribution in [0.3, 0.4) is 0 Å². The maximum atomic E-state index is 11.1. The molecule has 0 saturated heterocycles. The Morgan fingerprint density at radius 3 is 2.09 bits per heavy atom. The summed E-state index contributed by atoms with van der Waals surface area (Å²) in [4.78, 5) is 32.4. The van der Waals surface area contributed by atoms with Gasteiger partial charge in [0.05, 0.1) is 6.42 Å². The SMILES string of the molecule is O=C(O)C=CC(=Cc1ccccc1)C=C(CC(=O)O)C(=O)O. The number of allylic oxidation sites excluding steroid dienone is 3. The van der Waals surface area contributed by atoms with Gasteiger partial charge < -0.3 is 15.3 Å². The van der Waals surface area contributed by atoms with Gasteiger partial charge in [-0.15, -0.1) is 0 Å². The number of hydrogen-bond donors (Lipinski definition) is 3. The van der Waals surface area contributed by atoms with E-state index in [1.165, 1.54) is 6.08 Å². The zero-order valence-electron chi connectivity index (χ0n) is 11.5. The quantitative estimate of drug-likeness (QED) is 0.526. The summed E-state index contributed by atoms with van der Waals surface area (Å²) < 4.78 is 0. The first-order valence-electron chi connectivity index (χ1n) is 6.22. The van der Waals surface area contributed by atoms with E-state index in [9.17, 15) is 14.4 Å². The van der Waals surface area contributed by atoms with Crippen LogP contribution >= 0.6 is 0 Å². The molecule has 0 heterocycles. The van der Waals surface area contributed by atoms with Crippen LogP contribution in [0.25, 0.3) is 6.08 Å². The summed E-state index contributed by atoms with van der Waals surface area (Å²) in [5.74, 6) is -3.84. The lowest BCUT2D eigenvalue weighted by molar-refractivity contribution is -0.139. The minimum atomic E-state index is -1.37. The van der Waals surface area contributed by atoms with Crippen molar-refractivity contribution < 1.29 is 29.7 Å². The van der Waals surface area contributed by atoms with Gasteiger partial charge in [0, 0.05) is 11.6 Å². The molecule has 1 aromatic carbocycles. The van der Waals surface area contributed by atoms with Crippen molar-refractivity contribution in [1.82, 2.24) is 0 Å². The molecule has 0 aliphatic rings. The van der Waals surface area contributed by atoms with Gasteiger partial charge in [-0.3, -0.25) is 4.79 Å². The molecule has 3 N–H and O–H groups in total. The zero-order valence-corrected chi connectivity index (χ0v) is 11.5. The molecule has 6 nitrogen and oxygen atoms in total. The van der Waals surface area contributed by atoms with E-state index in [1.54, 1.807) is 36.4 Å². The highest BCUT2D eigenvalue weighted by molar-refractivity contribution is 5.93. The number of hydrogen-bond acceptors (Lipinski definition) is 3. The van der Waals surface area contributed by atoms with Gasteiger partial charge in [-0.25, -0.2) is 9.59 Å². The molecule has 0 unspecified atom stereocenters. The van der Waals surface area contributed by atoms with Crippen molar-refractivity contribution in [1.29, 1.82) is 0 Å². The van der Waals surface area contributed by atoms with Gasteiger partial charge in [-0.2, -0.15) is 0 Å². The molecule has 0 bridgehead atoms. The Morgan fingerprint density at radius 1 is 0.955 bits per heavy atom. The monoisotopic (exact) mass is 302 g/mol. The summed E-state index contributed by atoms with van der Waals surface area (Å²) in [6.07, 6.45) is 4.10. The second-order valence-corrected chi connectivity index (χ2v) is 4.27. The molecular formula is C16H14O6. The van der Waals surface area contributed by atoms with E-state index in [0.29, 0.717) is 0 Å². The number of aliphatic carboxylic acids is 3. The van der Waals surface area contributed by atoms with E-state index in [0.717, 1.165) is 17.7 Å². The van der Waals surface area contributed by atoms with E-state index >= 15 is 0 Å². The highest BCUT2D eigenvalue weighted by Crippen LogP contribution is 2.13. The third-order valence-electron chi connectivity index (χ3n) is 2.51. The lowest BCUT2D eigenvalue weighted by Gasteiger charge is -2.01. The van der Waals surface area contributed by atoms with Crippen molar-refractivity contribution in [2.45, 2.75) is 6.42 Å². The minimum absolute atomic E-state index is 0.271. The van der Waals surface area contributed by atoms with Crippen LogP contribution in [0.4, 0.5) is 0 Å². The fourth-order valence-electron chi connectivity index (χ4n) is 1.60. The van der Waals surface area contributed by atoms with Gasteiger partial charge in [0.25, 0.3) is 0 Å². The summed E-state index contributed by atoms with van der Waals surface area (Å²) in [7, 11) is 0. The maximum absolute atomic E-state index is 11.1. The number of carbonyl (C=O) groups is 3. The average molecular weight is 302 g/mol. The number of benzene rings is 1. The fourth-order valence-corrected chi connectivity index (χ4v) is 1.60. The first-order chi connectivity index (χ1) is 10.4. The van der Waals surface area contributed by atoms with Crippen LogP contribution in [-0.4, -0.2) is 33.2 Å². The number of rotatable bonds is 7. The number of carboxylic acid groups (broad SMARTS) is 3. The standard InChI is InChI=1S/C16H14O6/c17-14(18)7-6-12(8-11-4-2-1-3-5-11)9-13(16(21)22)10-15(19)20/h1-9H,10H2,(H,17,18)(H,19,20)(H,21,22). The lowest BCUT2D eigenvalue weighted by Crippen LogP contribution is -2.07. The van der Waals surface area contributed by atoms with E-state index in [-0.39, 0.29) is 11.1 Å². The van der Waals surface area contributed by atoms with Gasteiger partial charge in [0.15, 0.2) is 0 Å². The third kappa shape index (κ3) is 6.33. The number of carboxylic acids is 3. The molecular weight excluding hydrogens is 288 g/mol. The highest BCUT2D eigenvalue weighted by atomic mass is 16.4. The van der Waals surface area contributed by atoms with Crippen LogP contribution in [0.5, 0.6) is 0 Å². The molecule has 22 heavy (non-hydrogen) atoms. The molecule has 0 atom stereocenters. The van der Waals surface area contributed by atoms with Crippen LogP contribution in [0.15, 0.2) is 59.7 Å². The lowest BCUT2D eigenvalue weighted by atomic mass is 10.0. The largest absolute Gasteiger partial charge is 0.481 e. The Bertz CT molecular complexity index is 652. The highest BCUT2D eigenvalue weighted by Gasteiger charge is 2.12. The van der Waals surface area contributed by atoms with Crippen LogP contribution < -0.4 is 0 Å². The van der Waals surface area contributed by atoms with Crippen molar-refractivity contribution >= 4 is 24.0 Å². The molecule has 0 spiro atoms. The Hall–Kier alpha value is -3.15. The fraction of sp³-hybridized carbons (Fsp3) is 0.0625. The Kier molecular flexibility index (Phi) is 6.31. The van der Waals surface area contributed by atoms with Crippen molar-refractivity contribution in [3.8, 4) is 0 Å². The van der Waals surface area contributed by atoms with E-state index in [1.807, 2.05) is 0 Å². The topological polar surface area (TPSA) is 112 Å². The molecule has 114 valence electrons. The Labute approximate surface area is 126 Å². The van der Waals surface area contributed by atoms with E-state index in [2.05, 4.69) is 0 Å². The third-order valence-corrected chi connectivity index (χ3v) is 2.51. The molecule has 6 heteroatoms. The van der Waals surface area contributed by atoms with Gasteiger partial charge in [0.1, 0.15) is 0 Å². The van der Waals surface area contributed by atoms with Crippen molar-refractivity contribution in [3.05, 3.63) is 65.3 Å². The average Bonchev–Trinajstić information content (AvgIpc) is 2.44. The summed E-state index contributed by atoms with van der Waals surface area (Å²) >= 11 is 0. The smallest absolute Gasteiger partial charge is 0.332 e. The summed E-state index contributed by atoms with van der Waals surface area (Å²) in [5, 5.41) is 26.4. The molecule has 0 aliphatic carbocycles. The van der Waals surface area contributed by atoms with Gasteiger partial charge in [-0.1, -0.05) is 30.3 Å². The second kappa shape index (κ2) is 8.21. The zero-order chi connectivity index (χ0) is 16.5. The molecule has 0 saturated carbocycles. The van der Waals surface area contributed by atoms with Crippen molar-refractivity contribution in [2.75, 3.05) is 0 Å². The molecule has 0 fully saturated rings. The molecule has 1 rings (SSSR count). The summed E-state index contributed by atoms with van der Waals surface area (Å²) in [6, 6.07) is 8.83. The predicted octanol–water partition coefficient (Wildman–Crippen LogP) is 2.20. The summed E-state index contributed by atoms with van der Waals surface area (Å²) in [5.41, 5.74) is 0.654. The minimum Gasteiger partial charge on any atom is -0.481 e. The van der Waals surface area contributed by atoms with E-state index in [4.69, 9.17) is 15.3 Å². The first kappa shape index (κ1) is 16.9. The Balaban J connectivity index is 3.24. The normalized spacial score (nSPS) is 12.4. The molecule has 1 aromatic rings. The van der Waals surface area contributed by atoms with Crippen molar-refractivity contribution in [2.24, 2.45) is 0 Å². The van der Waals surface area contributed by atoms with E-state index < -0.39 is 24.3 Å². The molecule has 0 aromatic heterocycles. The molecule has 0 amide bonds. The van der Waals surface area contributed by atoms with Crippen LogP contribution in [-0.2, 0) is 14.4 Å². The summed E-state index contributed by atoms with van der Waals surface area (Å²) in [6.45, 7) is 0. The molecule has 0 aliphatic heterocycles. The van der Waals surface area contributed by atoms with Crippen LogP contribution in [0, 0.1) is 0 Å².